The minimum absolute atomic E-state index is 0.0541. The van der Waals surface area contributed by atoms with Crippen molar-refractivity contribution < 1.29 is 13.3 Å². The zero-order valence-corrected chi connectivity index (χ0v) is 13.3. The molecule has 0 heterocycles. The molecular weight excluding hydrogens is 360 g/mol. The molecule has 0 aliphatic rings. The van der Waals surface area contributed by atoms with Gasteiger partial charge in [0.05, 0.1) is 9.82 Å². The Morgan fingerprint density at radius 1 is 1.14 bits per heavy atom. The van der Waals surface area contributed by atoms with Crippen molar-refractivity contribution in [3.05, 3.63) is 62.6 Å². The predicted octanol–water partition coefficient (Wildman–Crippen LogP) is 3.47. The molecule has 2 aromatic rings. The van der Waals surface area contributed by atoms with Crippen molar-refractivity contribution in [2.75, 3.05) is 4.72 Å². The van der Waals surface area contributed by atoms with E-state index in [-0.39, 0.29) is 16.3 Å². The van der Waals surface area contributed by atoms with Crippen LogP contribution in [0.5, 0.6) is 0 Å². The van der Waals surface area contributed by atoms with Crippen LogP contribution in [0.2, 0.25) is 0 Å². The lowest BCUT2D eigenvalue weighted by molar-refractivity contribution is -0.385. The first-order valence-electron chi connectivity index (χ1n) is 5.83. The fourth-order valence-corrected chi connectivity index (χ4v) is 3.07. The molecule has 0 unspecified atom stereocenters. The van der Waals surface area contributed by atoms with E-state index in [9.17, 15) is 18.5 Å². The number of hydrogen-bond acceptors (Lipinski definition) is 4. The van der Waals surface area contributed by atoms with Gasteiger partial charge < -0.3 is 0 Å². The van der Waals surface area contributed by atoms with Crippen LogP contribution in [0.25, 0.3) is 0 Å². The first-order valence-corrected chi connectivity index (χ1v) is 8.10. The van der Waals surface area contributed by atoms with Crippen LogP contribution >= 0.6 is 15.9 Å². The van der Waals surface area contributed by atoms with E-state index < -0.39 is 14.9 Å². The maximum Gasteiger partial charge on any atom is 0.272 e. The van der Waals surface area contributed by atoms with Gasteiger partial charge in [0.2, 0.25) is 0 Å². The van der Waals surface area contributed by atoms with Crippen molar-refractivity contribution in [1.82, 2.24) is 0 Å². The van der Waals surface area contributed by atoms with Gasteiger partial charge in [0, 0.05) is 21.8 Å². The van der Waals surface area contributed by atoms with Crippen LogP contribution in [0.15, 0.2) is 51.8 Å². The molecule has 0 saturated heterocycles. The highest BCUT2D eigenvalue weighted by atomic mass is 79.9. The number of rotatable bonds is 4. The molecule has 0 aliphatic heterocycles. The molecule has 2 rings (SSSR count). The minimum atomic E-state index is -3.72. The first kappa shape index (κ1) is 15.5. The van der Waals surface area contributed by atoms with E-state index in [4.69, 9.17) is 0 Å². The van der Waals surface area contributed by atoms with Crippen LogP contribution in [0, 0.1) is 17.0 Å². The highest BCUT2D eigenvalue weighted by Crippen LogP contribution is 2.24. The maximum atomic E-state index is 12.2. The predicted molar refractivity (Wildman–Crippen MR) is 82.8 cm³/mol. The number of halogens is 1. The van der Waals surface area contributed by atoms with Crippen LogP contribution in [-0.4, -0.2) is 13.3 Å². The number of sulfonamides is 1. The SMILES string of the molecule is Cc1cc(NS(=O)(=O)c2ccc(Br)cc2)ccc1[N+](=O)[O-]. The molecule has 0 amide bonds. The van der Waals surface area contributed by atoms with Crippen LogP contribution in [0.3, 0.4) is 0 Å². The minimum Gasteiger partial charge on any atom is -0.280 e. The van der Waals surface area contributed by atoms with Gasteiger partial charge in [0.1, 0.15) is 0 Å². The zero-order chi connectivity index (χ0) is 15.6. The number of aryl methyl sites for hydroxylation is 1. The summed E-state index contributed by atoms with van der Waals surface area (Å²) in [5.74, 6) is 0. The van der Waals surface area contributed by atoms with Crippen molar-refractivity contribution in [2.45, 2.75) is 11.8 Å². The van der Waals surface area contributed by atoms with Crippen LogP contribution in [0.4, 0.5) is 11.4 Å². The third-order valence-corrected chi connectivity index (χ3v) is 4.70. The van der Waals surface area contributed by atoms with Gasteiger partial charge in [-0.25, -0.2) is 8.42 Å². The molecular formula is C13H11BrN2O4S. The topological polar surface area (TPSA) is 89.3 Å². The monoisotopic (exact) mass is 370 g/mol. The number of hydrogen-bond donors (Lipinski definition) is 1. The summed E-state index contributed by atoms with van der Waals surface area (Å²) in [6, 6.07) is 10.2. The summed E-state index contributed by atoms with van der Waals surface area (Å²) < 4.78 is 27.5. The lowest BCUT2D eigenvalue weighted by atomic mass is 10.2. The summed E-state index contributed by atoms with van der Waals surface area (Å²) in [6.07, 6.45) is 0. The van der Waals surface area contributed by atoms with Crippen molar-refractivity contribution in [2.24, 2.45) is 0 Å². The molecule has 0 bridgehead atoms. The second kappa shape index (κ2) is 5.82. The second-order valence-electron chi connectivity index (χ2n) is 4.32. The van der Waals surface area contributed by atoms with Gasteiger partial charge in [-0.05, 0) is 43.3 Å². The number of benzene rings is 2. The average molecular weight is 371 g/mol. The lowest BCUT2D eigenvalue weighted by Crippen LogP contribution is -2.13. The maximum absolute atomic E-state index is 12.2. The van der Waals surface area contributed by atoms with Gasteiger partial charge in [0.15, 0.2) is 0 Å². The van der Waals surface area contributed by atoms with E-state index in [1.807, 2.05) is 0 Å². The quantitative estimate of drug-likeness (QED) is 0.658. The Bertz CT molecular complexity index is 788. The molecule has 110 valence electrons. The molecule has 8 heteroatoms. The Labute approximate surface area is 130 Å². The van der Waals surface area contributed by atoms with Crippen molar-refractivity contribution >= 4 is 37.3 Å². The third-order valence-electron chi connectivity index (χ3n) is 2.77. The number of nitro groups is 1. The molecule has 6 nitrogen and oxygen atoms in total. The van der Waals surface area contributed by atoms with Crippen molar-refractivity contribution in [3.8, 4) is 0 Å². The normalized spacial score (nSPS) is 11.1. The summed E-state index contributed by atoms with van der Waals surface area (Å²) in [5, 5.41) is 10.7. The number of nitrogens with one attached hydrogen (secondary N) is 1. The van der Waals surface area contributed by atoms with E-state index in [0.717, 1.165) is 4.47 Å². The van der Waals surface area contributed by atoms with Crippen molar-refractivity contribution in [3.63, 3.8) is 0 Å². The summed E-state index contributed by atoms with van der Waals surface area (Å²) in [7, 11) is -3.72. The molecule has 0 atom stereocenters. The van der Waals surface area contributed by atoms with E-state index in [1.54, 1.807) is 19.1 Å². The van der Waals surface area contributed by atoms with E-state index in [2.05, 4.69) is 20.7 Å². The Balaban J connectivity index is 2.31. The Morgan fingerprint density at radius 2 is 1.76 bits per heavy atom. The van der Waals surface area contributed by atoms with Crippen LogP contribution in [0.1, 0.15) is 5.56 Å². The van der Waals surface area contributed by atoms with Crippen LogP contribution in [-0.2, 0) is 10.0 Å². The summed E-state index contributed by atoms with van der Waals surface area (Å²) >= 11 is 3.23. The summed E-state index contributed by atoms with van der Waals surface area (Å²) in [5.41, 5.74) is 0.610. The average Bonchev–Trinajstić information content (AvgIpc) is 2.38. The lowest BCUT2D eigenvalue weighted by Gasteiger charge is -2.09. The van der Waals surface area contributed by atoms with Gasteiger partial charge in [0.25, 0.3) is 15.7 Å². The molecule has 1 N–H and O–H groups in total. The van der Waals surface area contributed by atoms with E-state index >= 15 is 0 Å². The largest absolute Gasteiger partial charge is 0.280 e. The first-order chi connectivity index (χ1) is 9.79. The third kappa shape index (κ3) is 3.59. The summed E-state index contributed by atoms with van der Waals surface area (Å²) in [6.45, 7) is 1.55. The zero-order valence-electron chi connectivity index (χ0n) is 10.9. The fraction of sp³-hybridized carbons (Fsp3) is 0.0769. The second-order valence-corrected chi connectivity index (χ2v) is 6.92. The van der Waals surface area contributed by atoms with E-state index in [0.29, 0.717) is 5.56 Å². The van der Waals surface area contributed by atoms with Crippen molar-refractivity contribution in [1.29, 1.82) is 0 Å². The van der Waals surface area contributed by atoms with Gasteiger partial charge in [-0.1, -0.05) is 15.9 Å². The smallest absolute Gasteiger partial charge is 0.272 e. The molecule has 0 radical (unpaired) electrons. The number of anilines is 1. The highest BCUT2D eigenvalue weighted by Gasteiger charge is 2.16. The number of nitro benzene ring substituents is 1. The molecule has 2 aromatic carbocycles. The molecule has 0 fully saturated rings. The Kier molecular flexibility index (Phi) is 4.29. The molecule has 21 heavy (non-hydrogen) atoms. The van der Waals surface area contributed by atoms with Gasteiger partial charge >= 0.3 is 0 Å². The fourth-order valence-electron chi connectivity index (χ4n) is 1.75. The molecule has 0 spiro atoms. The molecule has 0 saturated carbocycles. The molecule has 0 aliphatic carbocycles. The van der Waals surface area contributed by atoms with Crippen LogP contribution < -0.4 is 4.72 Å². The van der Waals surface area contributed by atoms with E-state index in [1.165, 1.54) is 30.3 Å². The Morgan fingerprint density at radius 3 is 2.29 bits per heavy atom. The Hall–Kier alpha value is -1.93. The highest BCUT2D eigenvalue weighted by molar-refractivity contribution is 9.10. The number of nitrogens with zero attached hydrogens (tertiary/aromatic N) is 1. The standard InChI is InChI=1S/C13H11BrN2O4S/c1-9-8-11(4-7-13(9)16(17)18)15-21(19,20)12-5-2-10(14)3-6-12/h2-8,15H,1H3. The van der Waals surface area contributed by atoms with Gasteiger partial charge in [-0.2, -0.15) is 0 Å². The molecule has 0 aromatic heterocycles. The van der Waals surface area contributed by atoms with Gasteiger partial charge in [-0.15, -0.1) is 0 Å². The van der Waals surface area contributed by atoms with Gasteiger partial charge in [-0.3, -0.25) is 14.8 Å². The summed E-state index contributed by atoms with van der Waals surface area (Å²) in [4.78, 5) is 10.3.